The Morgan fingerprint density at radius 2 is 1.78 bits per heavy atom. The highest BCUT2D eigenvalue weighted by Gasteiger charge is 2.19. The Morgan fingerprint density at radius 1 is 1.11 bits per heavy atom. The number of nitrogens with zero attached hydrogens (tertiary/aromatic N) is 4. The maximum absolute atomic E-state index is 12.8. The quantitative estimate of drug-likeness (QED) is 0.495. The molecular formula is C19H22N4O3S. The number of aromatic nitrogens is 4. The van der Waals surface area contributed by atoms with Crippen LogP contribution in [0.3, 0.4) is 0 Å². The van der Waals surface area contributed by atoms with Crippen molar-refractivity contribution < 1.29 is 4.74 Å². The van der Waals surface area contributed by atoms with Gasteiger partial charge in [-0.2, -0.15) is 0 Å². The number of hydrogen-bond acceptors (Lipinski definition) is 6. The lowest BCUT2D eigenvalue weighted by Crippen LogP contribution is -2.37. The zero-order chi connectivity index (χ0) is 19.7. The van der Waals surface area contributed by atoms with Gasteiger partial charge in [-0.25, -0.2) is 14.8 Å². The fourth-order valence-corrected chi connectivity index (χ4v) is 3.64. The average molecular weight is 386 g/mol. The first kappa shape index (κ1) is 19.2. The SMILES string of the molecule is CC[C@@H](C)Sc1nc(-c2ccc(OC)cc2)nc2c1c(=O)n(C)c(=O)n2C. The molecule has 142 valence electrons. The highest BCUT2D eigenvalue weighted by Crippen LogP contribution is 2.30. The van der Waals surface area contributed by atoms with Gasteiger partial charge in [-0.15, -0.1) is 11.8 Å². The van der Waals surface area contributed by atoms with Crippen LogP contribution in [0.25, 0.3) is 22.4 Å². The van der Waals surface area contributed by atoms with Crippen molar-refractivity contribution in [2.24, 2.45) is 14.1 Å². The van der Waals surface area contributed by atoms with Crippen molar-refractivity contribution in [3.05, 3.63) is 45.1 Å². The summed E-state index contributed by atoms with van der Waals surface area (Å²) in [6.07, 6.45) is 0.931. The van der Waals surface area contributed by atoms with Gasteiger partial charge in [0.1, 0.15) is 16.2 Å². The molecule has 0 unspecified atom stereocenters. The van der Waals surface area contributed by atoms with Crippen molar-refractivity contribution >= 4 is 22.8 Å². The van der Waals surface area contributed by atoms with Crippen LogP contribution in [0.15, 0.2) is 38.9 Å². The molecule has 27 heavy (non-hydrogen) atoms. The molecule has 0 aliphatic rings. The summed E-state index contributed by atoms with van der Waals surface area (Å²) in [5.41, 5.74) is 0.345. The van der Waals surface area contributed by atoms with E-state index in [1.165, 1.54) is 23.4 Å². The predicted octanol–water partition coefficient (Wildman–Crippen LogP) is 2.59. The molecule has 0 amide bonds. The maximum Gasteiger partial charge on any atom is 0.332 e. The van der Waals surface area contributed by atoms with E-state index in [1.807, 2.05) is 24.3 Å². The first-order valence-electron chi connectivity index (χ1n) is 8.66. The summed E-state index contributed by atoms with van der Waals surface area (Å²) < 4.78 is 7.69. The van der Waals surface area contributed by atoms with E-state index in [9.17, 15) is 9.59 Å². The van der Waals surface area contributed by atoms with Crippen molar-refractivity contribution in [1.29, 1.82) is 0 Å². The van der Waals surface area contributed by atoms with Crippen molar-refractivity contribution in [3.8, 4) is 17.1 Å². The van der Waals surface area contributed by atoms with E-state index >= 15 is 0 Å². The highest BCUT2D eigenvalue weighted by atomic mass is 32.2. The summed E-state index contributed by atoms with van der Waals surface area (Å²) in [4.78, 5) is 34.3. The molecule has 0 fully saturated rings. The summed E-state index contributed by atoms with van der Waals surface area (Å²) in [6.45, 7) is 4.16. The van der Waals surface area contributed by atoms with E-state index in [0.717, 1.165) is 22.3 Å². The zero-order valence-corrected chi connectivity index (χ0v) is 16.8. The fraction of sp³-hybridized carbons (Fsp3) is 0.368. The van der Waals surface area contributed by atoms with E-state index in [2.05, 4.69) is 23.8 Å². The van der Waals surface area contributed by atoms with Gasteiger partial charge in [0.2, 0.25) is 0 Å². The van der Waals surface area contributed by atoms with Crippen LogP contribution in [0.2, 0.25) is 0 Å². The predicted molar refractivity (Wildman–Crippen MR) is 108 cm³/mol. The molecule has 0 saturated carbocycles. The number of rotatable bonds is 5. The topological polar surface area (TPSA) is 79.0 Å². The molecule has 0 saturated heterocycles. The number of fused-ring (bicyclic) bond motifs is 1. The lowest BCUT2D eigenvalue weighted by molar-refractivity contribution is 0.415. The number of thioether (sulfide) groups is 1. The Labute approximate surface area is 161 Å². The second kappa shape index (κ2) is 7.56. The van der Waals surface area contributed by atoms with E-state index in [-0.39, 0.29) is 10.8 Å². The number of hydrogen-bond donors (Lipinski definition) is 0. The van der Waals surface area contributed by atoms with Gasteiger partial charge >= 0.3 is 5.69 Å². The smallest absolute Gasteiger partial charge is 0.332 e. The Kier molecular flexibility index (Phi) is 5.36. The molecule has 7 nitrogen and oxygen atoms in total. The number of methoxy groups -OCH3 is 1. The summed E-state index contributed by atoms with van der Waals surface area (Å²) in [7, 11) is 4.69. The molecule has 1 atom stereocenters. The Morgan fingerprint density at radius 3 is 2.37 bits per heavy atom. The first-order valence-corrected chi connectivity index (χ1v) is 9.54. The van der Waals surface area contributed by atoms with Gasteiger partial charge in [0.15, 0.2) is 11.5 Å². The van der Waals surface area contributed by atoms with Gasteiger partial charge in [0.25, 0.3) is 5.56 Å². The molecule has 8 heteroatoms. The number of aryl methyl sites for hydroxylation is 1. The average Bonchev–Trinajstić information content (AvgIpc) is 2.70. The summed E-state index contributed by atoms with van der Waals surface area (Å²) >= 11 is 1.52. The van der Waals surface area contributed by atoms with E-state index in [4.69, 9.17) is 4.74 Å². The molecule has 0 bridgehead atoms. The van der Waals surface area contributed by atoms with Crippen LogP contribution in [-0.4, -0.2) is 31.5 Å². The summed E-state index contributed by atoms with van der Waals surface area (Å²) in [6, 6.07) is 7.37. The number of benzene rings is 1. The van der Waals surface area contributed by atoms with Crippen molar-refractivity contribution in [3.63, 3.8) is 0 Å². The van der Waals surface area contributed by atoms with Crippen LogP contribution in [0.4, 0.5) is 0 Å². The Balaban J connectivity index is 2.33. The number of ether oxygens (including phenoxy) is 1. The lowest BCUT2D eigenvalue weighted by atomic mass is 10.2. The van der Waals surface area contributed by atoms with Gasteiger partial charge in [-0.1, -0.05) is 13.8 Å². The largest absolute Gasteiger partial charge is 0.497 e. The molecule has 0 radical (unpaired) electrons. The molecule has 0 aliphatic heterocycles. The molecule has 2 heterocycles. The third-order valence-corrected chi connectivity index (χ3v) is 5.76. The van der Waals surface area contributed by atoms with E-state index in [0.29, 0.717) is 21.9 Å². The minimum atomic E-state index is -0.411. The van der Waals surface area contributed by atoms with Crippen LogP contribution in [-0.2, 0) is 14.1 Å². The van der Waals surface area contributed by atoms with Crippen LogP contribution in [0.1, 0.15) is 20.3 Å². The fourth-order valence-electron chi connectivity index (χ4n) is 2.66. The highest BCUT2D eigenvalue weighted by molar-refractivity contribution is 8.00. The van der Waals surface area contributed by atoms with Crippen molar-refractivity contribution in [2.45, 2.75) is 30.5 Å². The molecule has 2 aromatic heterocycles. The molecule has 3 aromatic rings. The molecular weight excluding hydrogens is 364 g/mol. The van der Waals surface area contributed by atoms with E-state index < -0.39 is 5.69 Å². The zero-order valence-electron chi connectivity index (χ0n) is 16.0. The van der Waals surface area contributed by atoms with Crippen LogP contribution >= 0.6 is 11.8 Å². The molecule has 1 aromatic carbocycles. The van der Waals surface area contributed by atoms with Crippen molar-refractivity contribution in [1.82, 2.24) is 19.1 Å². The second-order valence-corrected chi connectivity index (χ2v) is 7.75. The Bertz CT molecular complexity index is 1100. The van der Waals surface area contributed by atoms with Gasteiger partial charge < -0.3 is 4.74 Å². The minimum absolute atomic E-state index is 0.272. The molecule has 0 aliphatic carbocycles. The molecule has 3 rings (SSSR count). The van der Waals surface area contributed by atoms with Crippen molar-refractivity contribution in [2.75, 3.05) is 7.11 Å². The molecule has 0 N–H and O–H groups in total. The Hall–Kier alpha value is -2.61. The van der Waals surface area contributed by atoms with Gasteiger partial charge in [0.05, 0.1) is 7.11 Å². The van der Waals surface area contributed by atoms with E-state index in [1.54, 1.807) is 14.2 Å². The lowest BCUT2D eigenvalue weighted by Gasteiger charge is -2.14. The van der Waals surface area contributed by atoms with Crippen LogP contribution in [0.5, 0.6) is 5.75 Å². The van der Waals surface area contributed by atoms with Crippen LogP contribution in [0, 0.1) is 0 Å². The van der Waals surface area contributed by atoms with Crippen LogP contribution < -0.4 is 16.0 Å². The standard InChI is InChI=1S/C19H22N4O3S/c1-6-11(2)27-17-14-16(22(3)19(25)23(4)18(14)24)20-15(21-17)12-7-9-13(26-5)10-8-12/h7-11H,6H2,1-5H3/t11-/m1/s1. The van der Waals surface area contributed by atoms with Gasteiger partial charge in [-0.3, -0.25) is 13.9 Å². The minimum Gasteiger partial charge on any atom is -0.497 e. The third kappa shape index (κ3) is 3.49. The normalized spacial score (nSPS) is 12.3. The van der Waals surface area contributed by atoms with Gasteiger partial charge in [0, 0.05) is 24.9 Å². The summed E-state index contributed by atoms with van der Waals surface area (Å²) in [5, 5.41) is 1.24. The monoisotopic (exact) mass is 386 g/mol. The second-order valence-electron chi connectivity index (χ2n) is 6.32. The maximum atomic E-state index is 12.8. The van der Waals surface area contributed by atoms with Gasteiger partial charge in [-0.05, 0) is 30.7 Å². The molecule has 0 spiro atoms. The first-order chi connectivity index (χ1) is 12.9. The third-order valence-electron chi connectivity index (χ3n) is 4.50. The summed E-state index contributed by atoms with van der Waals surface area (Å²) in [5.74, 6) is 1.20.